The molecule has 1 saturated heterocycles. The van der Waals surface area contributed by atoms with E-state index in [0.29, 0.717) is 18.7 Å². The molecule has 1 atom stereocenters. The van der Waals surface area contributed by atoms with Crippen molar-refractivity contribution in [3.05, 3.63) is 99.7 Å². The molecule has 204 valence electrons. The Morgan fingerprint density at radius 2 is 1.68 bits per heavy atom. The van der Waals surface area contributed by atoms with E-state index in [2.05, 4.69) is 33.2 Å². The maximum absolute atomic E-state index is 13.8. The average molecular weight is 536 g/mol. The Bertz CT molecular complexity index is 1720. The molecule has 1 aliphatic heterocycles. The molecule has 1 aliphatic rings. The first-order chi connectivity index (χ1) is 19.4. The summed E-state index contributed by atoms with van der Waals surface area (Å²) in [6, 6.07) is 22.5. The van der Waals surface area contributed by atoms with Gasteiger partial charge in [0, 0.05) is 36.1 Å². The molecule has 5 aromatic rings. The number of nitrogens with zero attached hydrogens (tertiary/aromatic N) is 5. The molecule has 9 nitrogen and oxygen atoms in total. The minimum atomic E-state index is -0.224. The van der Waals surface area contributed by atoms with Gasteiger partial charge in [-0.25, -0.2) is 9.89 Å². The number of likely N-dealkylation sites (tertiary alicyclic amines) is 1. The Morgan fingerprint density at radius 3 is 2.40 bits per heavy atom. The Balaban J connectivity index is 1.45. The van der Waals surface area contributed by atoms with Crippen LogP contribution in [0.2, 0.25) is 0 Å². The van der Waals surface area contributed by atoms with Crippen LogP contribution in [0.15, 0.2) is 71.5 Å². The van der Waals surface area contributed by atoms with Gasteiger partial charge in [0.2, 0.25) is 5.65 Å². The van der Waals surface area contributed by atoms with E-state index in [9.17, 15) is 4.79 Å². The summed E-state index contributed by atoms with van der Waals surface area (Å²) in [6.45, 7) is 6.77. The lowest BCUT2D eigenvalue weighted by atomic mass is 9.99. The van der Waals surface area contributed by atoms with Crippen LogP contribution >= 0.6 is 0 Å². The highest BCUT2D eigenvalue weighted by Gasteiger charge is 2.30. The molecule has 0 amide bonds. The first-order valence-electron chi connectivity index (χ1n) is 13.8. The van der Waals surface area contributed by atoms with Gasteiger partial charge in [0.1, 0.15) is 5.69 Å². The van der Waals surface area contributed by atoms with Gasteiger partial charge < -0.3 is 11.5 Å². The van der Waals surface area contributed by atoms with E-state index in [1.54, 1.807) is 4.68 Å². The molecule has 2 aromatic carbocycles. The zero-order valence-electron chi connectivity index (χ0n) is 23.0. The number of nitrogens with two attached hydrogens (primary N) is 2. The van der Waals surface area contributed by atoms with Gasteiger partial charge >= 0.3 is 11.6 Å². The summed E-state index contributed by atoms with van der Waals surface area (Å²) < 4.78 is 3.18. The molecule has 0 saturated carbocycles. The monoisotopic (exact) mass is 535 g/mol. The second-order valence-electron chi connectivity index (χ2n) is 10.6. The lowest BCUT2D eigenvalue weighted by Crippen LogP contribution is -2.46. The van der Waals surface area contributed by atoms with E-state index in [-0.39, 0.29) is 17.7 Å². The predicted molar refractivity (Wildman–Crippen MR) is 156 cm³/mol. The van der Waals surface area contributed by atoms with Crippen molar-refractivity contribution in [2.45, 2.75) is 52.4 Å². The number of nitrogen functional groups attached to an aromatic ring is 1. The fraction of sp³-hybridized carbons (Fsp3) is 0.290. The van der Waals surface area contributed by atoms with Crippen molar-refractivity contribution < 1.29 is 4.40 Å². The molecule has 0 spiro atoms. The smallest absolute Gasteiger partial charge is 0.326 e. The molecule has 0 aliphatic carbocycles. The first-order valence-corrected chi connectivity index (χ1v) is 13.8. The fourth-order valence-electron chi connectivity index (χ4n) is 5.99. The summed E-state index contributed by atoms with van der Waals surface area (Å²) in [5.41, 5.74) is 20.5. The average Bonchev–Trinajstić information content (AvgIpc) is 3.52. The molecule has 9 heteroatoms. The van der Waals surface area contributed by atoms with Crippen molar-refractivity contribution in [2.75, 3.05) is 12.3 Å². The predicted octanol–water partition coefficient (Wildman–Crippen LogP) is 3.36. The van der Waals surface area contributed by atoms with Gasteiger partial charge in [-0.05, 0) is 62.1 Å². The van der Waals surface area contributed by atoms with Gasteiger partial charge in [-0.2, -0.15) is 4.68 Å². The van der Waals surface area contributed by atoms with E-state index in [4.69, 9.17) is 16.5 Å². The van der Waals surface area contributed by atoms with Crippen LogP contribution in [0.4, 0.5) is 5.95 Å². The molecular weight excluding hydrogens is 500 g/mol. The quantitative estimate of drug-likeness (QED) is 0.275. The Hall–Kier alpha value is -4.34. The van der Waals surface area contributed by atoms with Crippen molar-refractivity contribution in [1.82, 2.24) is 24.6 Å². The normalized spacial score (nSPS) is 15.7. The second kappa shape index (κ2) is 10.7. The van der Waals surface area contributed by atoms with Crippen LogP contribution in [0.3, 0.4) is 0 Å². The number of aryl methyl sites for hydroxylation is 2. The third-order valence-electron chi connectivity index (χ3n) is 7.84. The van der Waals surface area contributed by atoms with Gasteiger partial charge in [0.25, 0.3) is 0 Å². The van der Waals surface area contributed by atoms with Crippen molar-refractivity contribution in [2.24, 2.45) is 5.73 Å². The number of hydrogen-bond donors (Lipinski definition) is 3. The Kier molecular flexibility index (Phi) is 6.91. The minimum absolute atomic E-state index is 0.153. The SMILES string of the molecule is Cc1cc(-c2c(-c3ccccc3)nc(N)[n+]3c(=O)n(CC4CCCN4Cc4ccccc4CN)[nH]c23)cc(C)n1. The van der Waals surface area contributed by atoms with Crippen LogP contribution in [-0.2, 0) is 19.6 Å². The fourth-order valence-corrected chi connectivity index (χ4v) is 5.99. The lowest BCUT2D eigenvalue weighted by molar-refractivity contribution is -0.516. The third kappa shape index (κ3) is 4.78. The molecular formula is C31H35N8O+. The van der Waals surface area contributed by atoms with E-state index in [1.165, 1.54) is 9.96 Å². The van der Waals surface area contributed by atoms with Crippen molar-refractivity contribution >= 4 is 11.6 Å². The van der Waals surface area contributed by atoms with Gasteiger partial charge in [0.15, 0.2) is 0 Å². The topological polar surface area (TPSA) is 123 Å². The van der Waals surface area contributed by atoms with E-state index in [1.807, 2.05) is 62.4 Å². The highest BCUT2D eigenvalue weighted by atomic mass is 16.2. The maximum Gasteiger partial charge on any atom is 0.428 e. The molecule has 3 aromatic heterocycles. The van der Waals surface area contributed by atoms with Crippen molar-refractivity contribution in [1.29, 1.82) is 0 Å². The van der Waals surface area contributed by atoms with Crippen LogP contribution in [0.25, 0.3) is 28.0 Å². The van der Waals surface area contributed by atoms with Crippen LogP contribution in [0.5, 0.6) is 0 Å². The van der Waals surface area contributed by atoms with Crippen LogP contribution in [0.1, 0.15) is 35.4 Å². The largest absolute Gasteiger partial charge is 0.428 e. The molecule has 4 heterocycles. The van der Waals surface area contributed by atoms with Gasteiger partial charge in [0.05, 0.1) is 12.1 Å². The summed E-state index contributed by atoms with van der Waals surface area (Å²) >= 11 is 0. The van der Waals surface area contributed by atoms with E-state index < -0.39 is 0 Å². The van der Waals surface area contributed by atoms with E-state index >= 15 is 0 Å². The Morgan fingerprint density at radius 1 is 0.975 bits per heavy atom. The highest BCUT2D eigenvalue weighted by Crippen LogP contribution is 2.33. The van der Waals surface area contributed by atoms with Crippen molar-refractivity contribution in [3.63, 3.8) is 0 Å². The molecule has 6 rings (SSSR count). The number of anilines is 1. The zero-order chi connectivity index (χ0) is 27.8. The standard InChI is InChI=1S/C31H34N8O/c1-20-15-25(16-21(2)34-20)27-28(22-9-4-3-5-10-22)35-30(33)39-29(27)36-38(31(39)40)19-26-13-8-14-37(26)18-24-12-7-6-11-23(24)17-32/h3-7,9-12,15-16,26H,8,13-14,17-19,32H2,1-2H3,(H2,33,34,35,36)/p+1. The first kappa shape index (κ1) is 25.9. The number of pyridine rings is 1. The number of hydrogen-bond acceptors (Lipinski definition) is 6. The summed E-state index contributed by atoms with van der Waals surface area (Å²) in [4.78, 5) is 25.6. The minimum Gasteiger partial charge on any atom is -0.326 e. The number of benzene rings is 2. The van der Waals surface area contributed by atoms with E-state index in [0.717, 1.165) is 65.3 Å². The van der Waals surface area contributed by atoms with Crippen LogP contribution < -0.4 is 21.6 Å². The number of fused-ring (bicyclic) bond motifs is 1. The second-order valence-corrected chi connectivity index (χ2v) is 10.6. The number of aromatic amines is 1. The van der Waals surface area contributed by atoms with Crippen LogP contribution in [-0.4, -0.2) is 37.2 Å². The molecule has 40 heavy (non-hydrogen) atoms. The number of aromatic nitrogens is 5. The number of rotatable bonds is 7. The highest BCUT2D eigenvalue weighted by molar-refractivity contribution is 5.88. The van der Waals surface area contributed by atoms with Gasteiger partial charge in [-0.1, -0.05) is 54.6 Å². The molecule has 1 unspecified atom stereocenters. The summed E-state index contributed by atoms with van der Waals surface area (Å²) in [7, 11) is 0. The molecule has 5 N–H and O–H groups in total. The Labute approximate surface area is 233 Å². The van der Waals surface area contributed by atoms with Crippen molar-refractivity contribution in [3.8, 4) is 22.4 Å². The third-order valence-corrected chi connectivity index (χ3v) is 7.84. The van der Waals surface area contributed by atoms with Gasteiger partial charge in [-0.3, -0.25) is 9.88 Å². The molecule has 1 fully saturated rings. The van der Waals surface area contributed by atoms with Crippen LogP contribution in [0, 0.1) is 13.8 Å². The lowest BCUT2D eigenvalue weighted by Gasteiger charge is -2.24. The molecule has 0 bridgehead atoms. The maximum atomic E-state index is 13.8. The molecule has 0 radical (unpaired) electrons. The summed E-state index contributed by atoms with van der Waals surface area (Å²) in [6.07, 6.45) is 2.09. The zero-order valence-corrected chi connectivity index (χ0v) is 23.0. The number of nitrogens with one attached hydrogen (secondary N) is 1. The number of H-pyrrole nitrogens is 1. The summed E-state index contributed by atoms with van der Waals surface area (Å²) in [5.74, 6) is 0.153. The van der Waals surface area contributed by atoms with Gasteiger partial charge in [-0.15, -0.1) is 9.38 Å². The summed E-state index contributed by atoms with van der Waals surface area (Å²) in [5, 5.41) is 3.43.